The Morgan fingerprint density at radius 3 is 2.50 bits per heavy atom. The van der Waals surface area contributed by atoms with Crippen LogP contribution in [-0.2, 0) is 13.0 Å². The molecule has 156 valence electrons. The molecule has 0 spiro atoms. The summed E-state index contributed by atoms with van der Waals surface area (Å²) in [6, 6.07) is 18.5. The van der Waals surface area contributed by atoms with Gasteiger partial charge >= 0.3 is 6.03 Å². The molecule has 0 radical (unpaired) electrons. The van der Waals surface area contributed by atoms with Crippen molar-refractivity contribution >= 4 is 6.03 Å². The quantitative estimate of drug-likeness (QED) is 0.680. The van der Waals surface area contributed by atoms with Crippen LogP contribution in [0.1, 0.15) is 16.8 Å². The molecule has 6 nitrogen and oxygen atoms in total. The number of carbonyl (C=O) groups excluding carboxylic acids is 1. The fraction of sp³-hybridized carbons (Fsp3) is 0.333. The normalized spacial score (nSPS) is 14.6. The monoisotopic (exact) mass is 404 g/mol. The fourth-order valence-corrected chi connectivity index (χ4v) is 3.61. The van der Waals surface area contributed by atoms with Gasteiger partial charge in [-0.3, -0.25) is 4.90 Å². The van der Waals surface area contributed by atoms with Gasteiger partial charge in [-0.2, -0.15) is 0 Å². The van der Waals surface area contributed by atoms with E-state index in [2.05, 4.69) is 46.4 Å². The predicted octanol–water partition coefficient (Wildman–Crippen LogP) is 3.72. The van der Waals surface area contributed by atoms with E-state index in [-0.39, 0.29) is 6.03 Å². The smallest absolute Gasteiger partial charge is 0.317 e. The van der Waals surface area contributed by atoms with E-state index in [4.69, 9.17) is 4.42 Å². The first-order valence-corrected chi connectivity index (χ1v) is 10.5. The molecular weight excluding hydrogens is 376 g/mol. The number of oxazole rings is 1. The molecule has 1 fully saturated rings. The molecule has 1 aliphatic heterocycles. The minimum absolute atomic E-state index is 0.00314. The summed E-state index contributed by atoms with van der Waals surface area (Å²) in [5, 5.41) is 3.01. The highest BCUT2D eigenvalue weighted by atomic mass is 16.3. The number of carbonyl (C=O) groups is 1. The number of aryl methyl sites for hydroxylation is 1. The van der Waals surface area contributed by atoms with Crippen molar-refractivity contribution in [3.63, 3.8) is 0 Å². The molecule has 2 heterocycles. The second-order valence-electron chi connectivity index (χ2n) is 7.74. The van der Waals surface area contributed by atoms with Crippen molar-refractivity contribution in [3.8, 4) is 11.5 Å². The maximum absolute atomic E-state index is 12.5. The van der Waals surface area contributed by atoms with Crippen molar-refractivity contribution in [1.29, 1.82) is 0 Å². The lowest BCUT2D eigenvalue weighted by molar-refractivity contribution is 0.135. The highest BCUT2D eigenvalue weighted by Crippen LogP contribution is 2.19. The van der Waals surface area contributed by atoms with Crippen molar-refractivity contribution in [2.75, 3.05) is 32.7 Å². The number of hydrogen-bond acceptors (Lipinski definition) is 4. The zero-order chi connectivity index (χ0) is 20.8. The molecule has 1 aromatic heterocycles. The number of benzene rings is 2. The van der Waals surface area contributed by atoms with Gasteiger partial charge in [0.25, 0.3) is 0 Å². The number of urea groups is 1. The third kappa shape index (κ3) is 5.27. The Hall–Kier alpha value is -3.12. The number of nitrogens with zero attached hydrogens (tertiary/aromatic N) is 3. The number of nitrogens with one attached hydrogen (secondary N) is 1. The first kappa shape index (κ1) is 20.2. The summed E-state index contributed by atoms with van der Waals surface area (Å²) in [7, 11) is 0. The maximum atomic E-state index is 12.5. The topological polar surface area (TPSA) is 61.6 Å². The summed E-state index contributed by atoms with van der Waals surface area (Å²) >= 11 is 0. The number of aromatic nitrogens is 1. The number of rotatable bonds is 6. The molecule has 0 unspecified atom stereocenters. The van der Waals surface area contributed by atoms with Gasteiger partial charge in [0.1, 0.15) is 6.26 Å². The number of amides is 2. The van der Waals surface area contributed by atoms with Crippen LogP contribution in [0.2, 0.25) is 0 Å². The average molecular weight is 405 g/mol. The van der Waals surface area contributed by atoms with E-state index < -0.39 is 0 Å². The van der Waals surface area contributed by atoms with Crippen LogP contribution in [0.4, 0.5) is 4.79 Å². The van der Waals surface area contributed by atoms with Gasteiger partial charge in [-0.25, -0.2) is 9.78 Å². The lowest BCUT2D eigenvalue weighted by atomic mass is 10.1. The lowest BCUT2D eigenvalue weighted by Crippen LogP contribution is -2.51. The Morgan fingerprint density at radius 1 is 1.03 bits per heavy atom. The number of hydrogen-bond donors (Lipinski definition) is 1. The highest BCUT2D eigenvalue weighted by Gasteiger charge is 2.20. The molecule has 6 heteroatoms. The summed E-state index contributed by atoms with van der Waals surface area (Å²) < 4.78 is 5.59. The molecule has 1 aliphatic rings. The van der Waals surface area contributed by atoms with Gasteiger partial charge in [-0.1, -0.05) is 48.0 Å². The van der Waals surface area contributed by atoms with E-state index in [1.807, 2.05) is 35.2 Å². The van der Waals surface area contributed by atoms with E-state index >= 15 is 0 Å². The summed E-state index contributed by atoms with van der Waals surface area (Å²) in [5.74, 6) is 0.617. The van der Waals surface area contributed by atoms with E-state index in [1.54, 1.807) is 6.26 Å². The molecule has 3 aromatic rings. The minimum Gasteiger partial charge on any atom is -0.444 e. The Labute approximate surface area is 177 Å². The van der Waals surface area contributed by atoms with Gasteiger partial charge in [0, 0.05) is 51.3 Å². The van der Waals surface area contributed by atoms with Gasteiger partial charge in [-0.05, 0) is 24.6 Å². The molecule has 0 aliphatic carbocycles. The first-order valence-electron chi connectivity index (χ1n) is 10.5. The Bertz CT molecular complexity index is 945. The second kappa shape index (κ2) is 9.59. The van der Waals surface area contributed by atoms with E-state index in [0.29, 0.717) is 18.9 Å². The highest BCUT2D eigenvalue weighted by molar-refractivity contribution is 5.74. The molecule has 0 saturated carbocycles. The van der Waals surface area contributed by atoms with Gasteiger partial charge in [-0.15, -0.1) is 0 Å². The molecule has 2 aromatic carbocycles. The second-order valence-corrected chi connectivity index (χ2v) is 7.74. The Kier molecular flexibility index (Phi) is 6.44. The van der Waals surface area contributed by atoms with Crippen LogP contribution in [-0.4, -0.2) is 53.5 Å². The van der Waals surface area contributed by atoms with Crippen LogP contribution < -0.4 is 5.32 Å². The molecule has 1 N–H and O–H groups in total. The van der Waals surface area contributed by atoms with Crippen LogP contribution in [0, 0.1) is 6.92 Å². The third-order valence-electron chi connectivity index (χ3n) is 5.42. The predicted molar refractivity (Wildman–Crippen MR) is 117 cm³/mol. The lowest BCUT2D eigenvalue weighted by Gasteiger charge is -2.34. The fourth-order valence-electron chi connectivity index (χ4n) is 3.61. The summed E-state index contributed by atoms with van der Waals surface area (Å²) in [6.07, 6.45) is 2.32. The number of piperazine rings is 1. The molecule has 0 bridgehead atoms. The van der Waals surface area contributed by atoms with E-state index in [9.17, 15) is 4.79 Å². The van der Waals surface area contributed by atoms with Crippen molar-refractivity contribution in [2.24, 2.45) is 0 Å². The standard InChI is InChI=1S/C24H28N4O2/c1-19-7-9-21(10-8-19)23-26-22(18-30-23)11-12-25-24(29)28-15-13-27(14-16-28)17-20-5-3-2-4-6-20/h2-10,18H,11-17H2,1H3,(H,25,29). The van der Waals surface area contributed by atoms with Gasteiger partial charge < -0.3 is 14.6 Å². The third-order valence-corrected chi connectivity index (χ3v) is 5.42. The van der Waals surface area contributed by atoms with Crippen molar-refractivity contribution < 1.29 is 9.21 Å². The molecule has 0 atom stereocenters. The maximum Gasteiger partial charge on any atom is 0.317 e. The van der Waals surface area contributed by atoms with Crippen molar-refractivity contribution in [3.05, 3.63) is 77.7 Å². The van der Waals surface area contributed by atoms with Gasteiger partial charge in [0.2, 0.25) is 5.89 Å². The van der Waals surface area contributed by atoms with E-state index in [0.717, 1.165) is 44.0 Å². The zero-order valence-electron chi connectivity index (χ0n) is 17.4. The van der Waals surface area contributed by atoms with Crippen molar-refractivity contribution in [2.45, 2.75) is 19.9 Å². The summed E-state index contributed by atoms with van der Waals surface area (Å²) in [5.41, 5.74) is 4.32. The van der Waals surface area contributed by atoms with Gasteiger partial charge in [0.15, 0.2) is 0 Å². The van der Waals surface area contributed by atoms with Crippen LogP contribution in [0.5, 0.6) is 0 Å². The van der Waals surface area contributed by atoms with Crippen LogP contribution >= 0.6 is 0 Å². The zero-order valence-corrected chi connectivity index (χ0v) is 17.4. The minimum atomic E-state index is -0.00314. The Balaban J connectivity index is 1.19. The Morgan fingerprint density at radius 2 is 1.77 bits per heavy atom. The van der Waals surface area contributed by atoms with Crippen molar-refractivity contribution in [1.82, 2.24) is 20.1 Å². The molecule has 30 heavy (non-hydrogen) atoms. The summed E-state index contributed by atoms with van der Waals surface area (Å²) in [4.78, 5) is 21.3. The van der Waals surface area contributed by atoms with Gasteiger partial charge in [0.05, 0.1) is 5.69 Å². The molecule has 4 rings (SSSR count). The summed E-state index contributed by atoms with van der Waals surface area (Å²) in [6.45, 7) is 6.82. The van der Waals surface area contributed by atoms with Crippen LogP contribution in [0.25, 0.3) is 11.5 Å². The largest absolute Gasteiger partial charge is 0.444 e. The molecular formula is C24H28N4O2. The molecule has 2 amide bonds. The molecule has 1 saturated heterocycles. The average Bonchev–Trinajstić information content (AvgIpc) is 3.24. The van der Waals surface area contributed by atoms with Crippen LogP contribution in [0.15, 0.2) is 65.3 Å². The van der Waals surface area contributed by atoms with E-state index in [1.165, 1.54) is 11.1 Å². The SMILES string of the molecule is Cc1ccc(-c2nc(CCNC(=O)N3CCN(Cc4ccccc4)CC3)co2)cc1. The first-order chi connectivity index (χ1) is 14.7. The van der Waals surface area contributed by atoms with Crippen LogP contribution in [0.3, 0.4) is 0 Å².